The van der Waals surface area contributed by atoms with Crippen LogP contribution < -0.4 is 4.90 Å². The van der Waals surface area contributed by atoms with Gasteiger partial charge in [0.15, 0.2) is 5.13 Å². The van der Waals surface area contributed by atoms with Crippen molar-refractivity contribution in [1.29, 1.82) is 0 Å². The monoisotopic (exact) mass is 391 g/mol. The Balaban J connectivity index is 1.51. The number of fused-ring (bicyclic) bond motifs is 1. The van der Waals surface area contributed by atoms with Crippen LogP contribution in [0.25, 0.3) is 10.2 Å². The maximum Gasteiger partial charge on any atom is 0.231 e. The second kappa shape index (κ2) is 8.63. The number of carbonyl (C=O) groups excluding carboxylic acids is 1. The number of morpholine rings is 1. The molecule has 2 aromatic rings. The summed E-state index contributed by atoms with van der Waals surface area (Å²) < 4.78 is 20.3. The van der Waals surface area contributed by atoms with E-state index in [1.165, 1.54) is 17.4 Å². The fourth-order valence-electron chi connectivity index (χ4n) is 3.99. The number of carbonyl (C=O) groups is 1. The Bertz CT molecular complexity index is 785. The topological polar surface area (TPSA) is 45.7 Å². The van der Waals surface area contributed by atoms with E-state index in [-0.39, 0.29) is 17.6 Å². The van der Waals surface area contributed by atoms with Gasteiger partial charge in [0.25, 0.3) is 0 Å². The average Bonchev–Trinajstić information content (AvgIpc) is 3.36. The van der Waals surface area contributed by atoms with Crippen molar-refractivity contribution in [1.82, 2.24) is 9.88 Å². The highest BCUT2D eigenvalue weighted by molar-refractivity contribution is 7.22. The fourth-order valence-corrected chi connectivity index (χ4v) is 5.00. The number of benzene rings is 1. The molecule has 7 heteroatoms. The van der Waals surface area contributed by atoms with E-state index in [0.29, 0.717) is 17.2 Å². The number of rotatable bonds is 6. The number of para-hydroxylation sites is 1. The highest BCUT2D eigenvalue weighted by atomic mass is 32.1. The summed E-state index contributed by atoms with van der Waals surface area (Å²) in [7, 11) is 0. The quantitative estimate of drug-likeness (QED) is 0.754. The number of hydrogen-bond acceptors (Lipinski definition) is 5. The maximum absolute atomic E-state index is 14.1. The molecule has 1 amide bonds. The SMILES string of the molecule is O=C(C1CCCC1)N(CCCN1CCOCC1)c1nc2c(F)cccc2s1. The van der Waals surface area contributed by atoms with E-state index >= 15 is 0 Å². The smallest absolute Gasteiger partial charge is 0.231 e. The number of thiazole rings is 1. The minimum absolute atomic E-state index is 0.0882. The van der Waals surface area contributed by atoms with Crippen LogP contribution in [-0.2, 0) is 9.53 Å². The molecule has 2 heterocycles. The molecule has 0 unspecified atom stereocenters. The van der Waals surface area contributed by atoms with E-state index in [2.05, 4.69) is 9.88 Å². The second-order valence-electron chi connectivity index (χ2n) is 7.36. The molecule has 4 rings (SSSR count). The van der Waals surface area contributed by atoms with E-state index in [9.17, 15) is 9.18 Å². The first kappa shape index (κ1) is 18.8. The standard InChI is InChI=1S/C20H26FN3O2S/c21-16-7-3-8-17-18(16)22-20(27-17)24(19(25)15-5-1-2-6-15)10-4-9-23-11-13-26-14-12-23/h3,7-8,15H,1-2,4-6,9-14H2. The molecule has 2 fully saturated rings. The van der Waals surface area contributed by atoms with E-state index in [1.54, 1.807) is 6.07 Å². The first-order chi connectivity index (χ1) is 13.2. The first-order valence-electron chi connectivity index (χ1n) is 9.89. The van der Waals surface area contributed by atoms with Gasteiger partial charge in [0.05, 0.1) is 17.9 Å². The third-order valence-electron chi connectivity index (χ3n) is 5.52. The number of hydrogen-bond donors (Lipinski definition) is 0. The van der Waals surface area contributed by atoms with E-state index in [0.717, 1.165) is 69.7 Å². The number of halogens is 1. The Kier molecular flexibility index (Phi) is 6.00. The number of ether oxygens (including phenoxy) is 1. The van der Waals surface area contributed by atoms with Gasteiger partial charge in [-0.15, -0.1) is 0 Å². The molecule has 0 atom stereocenters. The van der Waals surface area contributed by atoms with Crippen molar-refractivity contribution >= 4 is 32.6 Å². The van der Waals surface area contributed by atoms with Gasteiger partial charge < -0.3 is 4.74 Å². The Morgan fingerprint density at radius 2 is 2.07 bits per heavy atom. The molecule has 5 nitrogen and oxygen atoms in total. The van der Waals surface area contributed by atoms with E-state index in [1.807, 2.05) is 11.0 Å². The van der Waals surface area contributed by atoms with Crippen molar-refractivity contribution in [3.05, 3.63) is 24.0 Å². The van der Waals surface area contributed by atoms with Gasteiger partial charge >= 0.3 is 0 Å². The largest absolute Gasteiger partial charge is 0.379 e. The van der Waals surface area contributed by atoms with Gasteiger partial charge in [0.1, 0.15) is 11.3 Å². The van der Waals surface area contributed by atoms with Crippen molar-refractivity contribution in [2.45, 2.75) is 32.1 Å². The number of amides is 1. The van der Waals surface area contributed by atoms with Crippen molar-refractivity contribution in [2.24, 2.45) is 5.92 Å². The van der Waals surface area contributed by atoms with Gasteiger partial charge in [-0.25, -0.2) is 9.37 Å². The molecule has 2 aliphatic rings. The third kappa shape index (κ3) is 4.31. The molecule has 1 aromatic heterocycles. The fraction of sp³-hybridized carbons (Fsp3) is 0.600. The van der Waals surface area contributed by atoms with Crippen LogP contribution in [0.3, 0.4) is 0 Å². The molecular weight excluding hydrogens is 365 g/mol. The number of anilines is 1. The zero-order valence-electron chi connectivity index (χ0n) is 15.5. The lowest BCUT2D eigenvalue weighted by Gasteiger charge is -2.28. The average molecular weight is 392 g/mol. The van der Waals surface area contributed by atoms with E-state index in [4.69, 9.17) is 4.74 Å². The van der Waals surface area contributed by atoms with Gasteiger partial charge in [-0.2, -0.15) is 0 Å². The number of nitrogens with zero attached hydrogens (tertiary/aromatic N) is 3. The molecule has 0 radical (unpaired) electrons. The number of aromatic nitrogens is 1. The zero-order valence-corrected chi connectivity index (χ0v) is 16.3. The molecule has 146 valence electrons. The minimum atomic E-state index is -0.323. The molecule has 0 bridgehead atoms. The van der Waals surface area contributed by atoms with Crippen molar-refractivity contribution in [2.75, 3.05) is 44.3 Å². The van der Waals surface area contributed by atoms with Crippen LogP contribution in [0.15, 0.2) is 18.2 Å². The van der Waals surface area contributed by atoms with E-state index < -0.39 is 0 Å². The summed E-state index contributed by atoms with van der Waals surface area (Å²) in [6, 6.07) is 4.99. The van der Waals surface area contributed by atoms with Gasteiger partial charge in [0, 0.05) is 32.1 Å². The Hall–Kier alpha value is -1.57. The van der Waals surface area contributed by atoms with Crippen LogP contribution in [0.4, 0.5) is 9.52 Å². The predicted molar refractivity (Wildman–Crippen MR) is 106 cm³/mol. The van der Waals surface area contributed by atoms with Gasteiger partial charge in [0.2, 0.25) is 5.91 Å². The molecule has 1 aliphatic heterocycles. The van der Waals surface area contributed by atoms with Crippen LogP contribution in [0.1, 0.15) is 32.1 Å². The normalized spacial score (nSPS) is 19.0. The zero-order chi connectivity index (χ0) is 18.6. The summed E-state index contributed by atoms with van der Waals surface area (Å²) in [6.07, 6.45) is 5.03. The van der Waals surface area contributed by atoms with Gasteiger partial charge in [-0.1, -0.05) is 30.2 Å². The maximum atomic E-state index is 14.1. The molecule has 27 heavy (non-hydrogen) atoms. The summed E-state index contributed by atoms with van der Waals surface area (Å²) in [5.41, 5.74) is 0.370. The molecule has 1 saturated heterocycles. The molecule has 1 saturated carbocycles. The lowest BCUT2D eigenvalue weighted by atomic mass is 10.1. The second-order valence-corrected chi connectivity index (χ2v) is 8.37. The predicted octanol–water partition coefficient (Wildman–Crippen LogP) is 3.68. The third-order valence-corrected chi connectivity index (χ3v) is 6.56. The van der Waals surface area contributed by atoms with Crippen LogP contribution in [-0.4, -0.2) is 55.2 Å². The lowest BCUT2D eigenvalue weighted by Crippen LogP contribution is -2.40. The summed E-state index contributed by atoms with van der Waals surface area (Å²) in [5, 5.41) is 0.633. The van der Waals surface area contributed by atoms with Crippen LogP contribution in [0.5, 0.6) is 0 Å². The highest BCUT2D eigenvalue weighted by Gasteiger charge is 2.30. The van der Waals surface area contributed by atoms with Crippen LogP contribution in [0, 0.1) is 11.7 Å². The molecular formula is C20H26FN3O2S. The van der Waals surface area contributed by atoms with Gasteiger partial charge in [-0.05, 0) is 31.4 Å². The first-order valence-corrected chi connectivity index (χ1v) is 10.7. The lowest BCUT2D eigenvalue weighted by molar-refractivity contribution is -0.122. The Morgan fingerprint density at radius 1 is 1.30 bits per heavy atom. The van der Waals surface area contributed by atoms with Crippen LogP contribution >= 0.6 is 11.3 Å². The molecule has 0 N–H and O–H groups in total. The summed E-state index contributed by atoms with van der Waals surface area (Å²) in [5.74, 6) is -0.0734. The van der Waals surface area contributed by atoms with Crippen molar-refractivity contribution in [3.8, 4) is 0 Å². The minimum Gasteiger partial charge on any atom is -0.379 e. The summed E-state index contributed by atoms with van der Waals surface area (Å²) in [4.78, 5) is 21.8. The molecule has 0 spiro atoms. The molecule has 1 aromatic carbocycles. The Labute approximate surface area is 163 Å². The van der Waals surface area contributed by atoms with Crippen molar-refractivity contribution < 1.29 is 13.9 Å². The van der Waals surface area contributed by atoms with Gasteiger partial charge in [-0.3, -0.25) is 14.6 Å². The molecule has 1 aliphatic carbocycles. The van der Waals surface area contributed by atoms with Crippen LogP contribution in [0.2, 0.25) is 0 Å². The summed E-state index contributed by atoms with van der Waals surface area (Å²) in [6.45, 7) is 5.03. The summed E-state index contributed by atoms with van der Waals surface area (Å²) >= 11 is 1.41. The Morgan fingerprint density at radius 3 is 2.81 bits per heavy atom. The highest BCUT2D eigenvalue weighted by Crippen LogP contribution is 2.33. The van der Waals surface area contributed by atoms with Crippen molar-refractivity contribution in [3.63, 3.8) is 0 Å².